The lowest BCUT2D eigenvalue weighted by Crippen LogP contribution is -2.17. The van der Waals surface area contributed by atoms with Gasteiger partial charge in [-0.2, -0.15) is 0 Å². The molecule has 4 rings (SSSR count). The predicted octanol–water partition coefficient (Wildman–Crippen LogP) is 5.73. The lowest BCUT2D eigenvalue weighted by Gasteiger charge is -2.24. The van der Waals surface area contributed by atoms with Gasteiger partial charge in [0.2, 0.25) is 0 Å². The Morgan fingerprint density at radius 2 is 1.79 bits per heavy atom. The number of thiophene rings is 1. The molecule has 3 aromatic rings. The maximum atomic E-state index is 12.5. The molecule has 2 N–H and O–H groups in total. The summed E-state index contributed by atoms with van der Waals surface area (Å²) in [6.07, 6.45) is 2.68. The normalized spacial score (nSPS) is 15.7. The molecule has 1 heterocycles. The van der Waals surface area contributed by atoms with Gasteiger partial charge in [-0.15, -0.1) is 11.3 Å². The summed E-state index contributed by atoms with van der Waals surface area (Å²) in [7, 11) is 0. The van der Waals surface area contributed by atoms with Crippen molar-refractivity contribution in [2.24, 2.45) is 0 Å². The molecule has 1 unspecified atom stereocenters. The number of carboxylic acid groups (broad SMARTS) is 1. The Morgan fingerprint density at radius 1 is 1.07 bits per heavy atom. The second-order valence-electron chi connectivity index (χ2n) is 6.87. The molecular weight excluding hydrogens is 438 g/mol. The van der Waals surface area contributed by atoms with Crippen LogP contribution in [0, 0.1) is 0 Å². The van der Waals surface area contributed by atoms with Gasteiger partial charge in [-0.1, -0.05) is 40.2 Å². The van der Waals surface area contributed by atoms with Crippen LogP contribution >= 0.6 is 27.3 Å². The van der Waals surface area contributed by atoms with Gasteiger partial charge in [-0.05, 0) is 71.5 Å². The van der Waals surface area contributed by atoms with Crippen molar-refractivity contribution < 1.29 is 14.7 Å². The smallest absolute Gasteiger partial charge is 0.339 e. The van der Waals surface area contributed by atoms with Gasteiger partial charge in [0.05, 0.1) is 5.56 Å². The Balaban J connectivity index is 1.61. The predicted molar refractivity (Wildman–Crippen MR) is 115 cm³/mol. The first-order valence-electron chi connectivity index (χ1n) is 9.01. The van der Waals surface area contributed by atoms with Gasteiger partial charge < -0.3 is 10.4 Å². The number of amides is 1. The van der Waals surface area contributed by atoms with Crippen LogP contribution in [-0.2, 0) is 12.8 Å². The van der Waals surface area contributed by atoms with E-state index < -0.39 is 5.97 Å². The van der Waals surface area contributed by atoms with E-state index >= 15 is 0 Å². The highest BCUT2D eigenvalue weighted by Gasteiger charge is 2.28. The average Bonchev–Trinajstić information content (AvgIpc) is 3.12. The number of halogens is 1. The van der Waals surface area contributed by atoms with Crippen LogP contribution in [0.25, 0.3) is 0 Å². The standard InChI is InChI=1S/C22H18BrNO3S/c23-17-9-7-14(8-10-17)20(25)24-21-19(22(26)27)18(12-28-21)16-6-5-13-3-1-2-4-15(13)11-16/h1-4,7-10,12,16H,5-6,11H2,(H,24,25)(H,26,27). The van der Waals surface area contributed by atoms with Gasteiger partial charge in [0.15, 0.2) is 0 Å². The number of carbonyl (C=O) groups is 2. The van der Waals surface area contributed by atoms with Gasteiger partial charge in [-0.25, -0.2) is 4.79 Å². The summed E-state index contributed by atoms with van der Waals surface area (Å²) >= 11 is 4.63. The molecule has 0 radical (unpaired) electrons. The van der Waals surface area contributed by atoms with E-state index in [4.69, 9.17) is 0 Å². The van der Waals surface area contributed by atoms with Crippen LogP contribution in [0.3, 0.4) is 0 Å². The number of fused-ring (bicyclic) bond motifs is 1. The Kier molecular flexibility index (Phi) is 5.33. The maximum absolute atomic E-state index is 12.5. The van der Waals surface area contributed by atoms with Crippen LogP contribution in [0.4, 0.5) is 5.00 Å². The molecule has 6 heteroatoms. The zero-order valence-corrected chi connectivity index (χ0v) is 17.3. The minimum atomic E-state index is -0.999. The molecule has 0 bridgehead atoms. The summed E-state index contributed by atoms with van der Waals surface area (Å²) < 4.78 is 0.881. The van der Waals surface area contributed by atoms with E-state index in [-0.39, 0.29) is 17.4 Å². The number of carboxylic acids is 1. The van der Waals surface area contributed by atoms with Gasteiger partial charge in [0, 0.05) is 10.0 Å². The van der Waals surface area contributed by atoms with Crippen LogP contribution in [0.2, 0.25) is 0 Å². The third-order valence-corrected chi connectivity index (χ3v) is 6.60. The molecule has 1 atom stereocenters. The summed E-state index contributed by atoms with van der Waals surface area (Å²) in [5.74, 6) is -1.16. The van der Waals surface area contributed by atoms with E-state index in [1.54, 1.807) is 24.3 Å². The summed E-state index contributed by atoms with van der Waals surface area (Å²) in [6, 6.07) is 15.3. The number of carbonyl (C=O) groups excluding carboxylic acids is 1. The summed E-state index contributed by atoms with van der Waals surface area (Å²) in [4.78, 5) is 24.5. The highest BCUT2D eigenvalue weighted by molar-refractivity contribution is 9.10. The first-order valence-corrected chi connectivity index (χ1v) is 10.7. The molecule has 0 fully saturated rings. The van der Waals surface area contributed by atoms with E-state index in [0.29, 0.717) is 10.6 Å². The second kappa shape index (κ2) is 7.89. The van der Waals surface area contributed by atoms with E-state index in [2.05, 4.69) is 33.4 Å². The number of nitrogens with one attached hydrogen (secondary N) is 1. The molecule has 0 saturated heterocycles. The lowest BCUT2D eigenvalue weighted by atomic mass is 9.80. The summed E-state index contributed by atoms with van der Waals surface area (Å²) in [5, 5.41) is 14.9. The van der Waals surface area contributed by atoms with E-state index in [1.165, 1.54) is 22.5 Å². The van der Waals surface area contributed by atoms with Crippen molar-refractivity contribution in [1.29, 1.82) is 0 Å². The molecule has 28 heavy (non-hydrogen) atoms. The molecule has 0 saturated carbocycles. The van der Waals surface area contributed by atoms with Gasteiger partial charge in [0.25, 0.3) is 5.91 Å². The molecular formula is C22H18BrNO3S. The number of anilines is 1. The number of benzene rings is 2. The Labute approximate surface area is 175 Å². The minimum absolute atomic E-state index is 0.149. The third kappa shape index (κ3) is 3.75. The van der Waals surface area contributed by atoms with E-state index in [0.717, 1.165) is 29.3 Å². The number of rotatable bonds is 4. The van der Waals surface area contributed by atoms with Crippen molar-refractivity contribution in [1.82, 2.24) is 0 Å². The Hall–Kier alpha value is -2.44. The molecule has 0 spiro atoms. The van der Waals surface area contributed by atoms with Crippen LogP contribution in [0.15, 0.2) is 58.4 Å². The quantitative estimate of drug-likeness (QED) is 0.527. The topological polar surface area (TPSA) is 66.4 Å². The molecule has 4 nitrogen and oxygen atoms in total. The maximum Gasteiger partial charge on any atom is 0.339 e. The van der Waals surface area contributed by atoms with Crippen molar-refractivity contribution in [2.75, 3.05) is 5.32 Å². The Morgan fingerprint density at radius 3 is 2.50 bits per heavy atom. The lowest BCUT2D eigenvalue weighted by molar-refractivity contribution is 0.0696. The van der Waals surface area contributed by atoms with Crippen LogP contribution < -0.4 is 5.32 Å². The van der Waals surface area contributed by atoms with E-state index in [9.17, 15) is 14.7 Å². The van der Waals surface area contributed by atoms with Crippen molar-refractivity contribution in [3.8, 4) is 0 Å². The zero-order chi connectivity index (χ0) is 19.7. The first-order chi connectivity index (χ1) is 13.5. The average molecular weight is 456 g/mol. The highest BCUT2D eigenvalue weighted by Crippen LogP contribution is 2.39. The van der Waals surface area contributed by atoms with Crippen LogP contribution in [-0.4, -0.2) is 17.0 Å². The third-order valence-electron chi connectivity index (χ3n) is 5.15. The minimum Gasteiger partial charge on any atom is -0.478 e. The Bertz CT molecular complexity index is 1040. The van der Waals surface area contributed by atoms with E-state index in [1.807, 2.05) is 17.5 Å². The van der Waals surface area contributed by atoms with Gasteiger partial charge in [-0.3, -0.25) is 4.79 Å². The van der Waals surface area contributed by atoms with Gasteiger partial charge >= 0.3 is 5.97 Å². The number of aromatic carboxylic acids is 1. The fourth-order valence-corrected chi connectivity index (χ4v) is 5.02. The fourth-order valence-electron chi connectivity index (χ4n) is 3.72. The zero-order valence-electron chi connectivity index (χ0n) is 14.9. The van der Waals surface area contributed by atoms with Gasteiger partial charge in [0.1, 0.15) is 5.00 Å². The molecule has 1 aliphatic carbocycles. The van der Waals surface area contributed by atoms with Crippen molar-refractivity contribution in [3.63, 3.8) is 0 Å². The summed E-state index contributed by atoms with van der Waals surface area (Å²) in [6.45, 7) is 0. The number of hydrogen-bond acceptors (Lipinski definition) is 3. The largest absolute Gasteiger partial charge is 0.478 e. The molecule has 142 valence electrons. The molecule has 0 aliphatic heterocycles. The molecule has 1 amide bonds. The number of aryl methyl sites for hydroxylation is 1. The van der Waals surface area contributed by atoms with Crippen LogP contribution in [0.1, 0.15) is 49.7 Å². The highest BCUT2D eigenvalue weighted by atomic mass is 79.9. The first kappa shape index (κ1) is 18.9. The SMILES string of the molecule is O=C(Nc1scc(C2CCc3ccccc3C2)c1C(=O)O)c1ccc(Br)cc1. The van der Waals surface area contributed by atoms with Crippen LogP contribution in [0.5, 0.6) is 0 Å². The van der Waals surface area contributed by atoms with Crippen molar-refractivity contribution in [2.45, 2.75) is 25.2 Å². The van der Waals surface area contributed by atoms with Crippen molar-refractivity contribution >= 4 is 44.1 Å². The second-order valence-corrected chi connectivity index (χ2v) is 8.67. The fraction of sp³-hybridized carbons (Fsp3) is 0.182. The molecule has 1 aromatic heterocycles. The monoisotopic (exact) mass is 455 g/mol. The molecule has 2 aromatic carbocycles. The number of hydrogen-bond donors (Lipinski definition) is 2. The van der Waals surface area contributed by atoms with Crippen molar-refractivity contribution in [3.05, 3.63) is 86.2 Å². The summed E-state index contributed by atoms with van der Waals surface area (Å²) in [5.41, 5.74) is 4.15. The molecule has 1 aliphatic rings.